The number of aliphatic hydroxyl groups is 2. The Labute approximate surface area is 137 Å². The fourth-order valence-electron chi connectivity index (χ4n) is 3.49. The molecule has 1 saturated heterocycles. The van der Waals surface area contributed by atoms with Crippen LogP contribution in [0.2, 0.25) is 0 Å². The molecule has 2 rings (SSSR count). The summed E-state index contributed by atoms with van der Waals surface area (Å²) in [4.78, 5) is 2.24. The van der Waals surface area contributed by atoms with E-state index in [9.17, 15) is 14.6 Å². The molecule has 130 valence electrons. The third kappa shape index (κ3) is 4.51. The molecular formula is C18H28FNO3. The first-order chi connectivity index (χ1) is 11.0. The minimum absolute atomic E-state index is 0.0309. The van der Waals surface area contributed by atoms with Crippen LogP contribution in [0.4, 0.5) is 4.39 Å². The quantitative estimate of drug-likeness (QED) is 0.754. The molecule has 1 aliphatic heterocycles. The number of hydrogen-bond donors (Lipinski definition) is 2. The lowest BCUT2D eigenvalue weighted by molar-refractivity contribution is -0.0843. The second-order valence-corrected chi connectivity index (χ2v) is 6.72. The van der Waals surface area contributed by atoms with E-state index in [1.165, 1.54) is 6.07 Å². The topological polar surface area (TPSA) is 52.9 Å². The van der Waals surface area contributed by atoms with Crippen LogP contribution in [0.5, 0.6) is 0 Å². The Morgan fingerprint density at radius 1 is 1.43 bits per heavy atom. The van der Waals surface area contributed by atoms with Gasteiger partial charge in [0.05, 0.1) is 12.7 Å². The van der Waals surface area contributed by atoms with Crippen LogP contribution in [0.15, 0.2) is 18.2 Å². The fourth-order valence-corrected chi connectivity index (χ4v) is 3.49. The summed E-state index contributed by atoms with van der Waals surface area (Å²) < 4.78 is 18.5. The molecule has 2 N–H and O–H groups in total. The van der Waals surface area contributed by atoms with Gasteiger partial charge in [0.1, 0.15) is 5.82 Å². The maximum atomic E-state index is 13.4. The number of piperidine rings is 1. The summed E-state index contributed by atoms with van der Waals surface area (Å²) in [5, 5.41) is 20.3. The summed E-state index contributed by atoms with van der Waals surface area (Å²) in [6.07, 6.45) is 1.71. The standard InChI is InChI=1S/C18H28FNO3/c1-14-10-15(4-5-16(14)19)11-20-8-6-17(22)18(12-20,13-21)7-3-9-23-2/h4-5,10,17,21-22H,3,6-9,11-13H2,1-2H3/t17-,18+/m1/s1. The molecule has 4 nitrogen and oxygen atoms in total. The van der Waals surface area contributed by atoms with Crippen LogP contribution in [-0.2, 0) is 11.3 Å². The van der Waals surface area contributed by atoms with Crippen molar-refractivity contribution in [1.29, 1.82) is 0 Å². The van der Waals surface area contributed by atoms with Gasteiger partial charge in [-0.1, -0.05) is 12.1 Å². The Balaban J connectivity index is 2.04. The van der Waals surface area contributed by atoms with E-state index in [2.05, 4.69) is 4.90 Å². The average Bonchev–Trinajstić information content (AvgIpc) is 2.54. The summed E-state index contributed by atoms with van der Waals surface area (Å²) in [6, 6.07) is 5.17. The summed E-state index contributed by atoms with van der Waals surface area (Å²) in [7, 11) is 1.66. The molecule has 1 aromatic carbocycles. The van der Waals surface area contributed by atoms with Gasteiger partial charge in [-0.3, -0.25) is 4.90 Å². The van der Waals surface area contributed by atoms with Gasteiger partial charge in [0.2, 0.25) is 0 Å². The molecule has 0 spiro atoms. The van der Waals surface area contributed by atoms with E-state index >= 15 is 0 Å². The molecule has 1 aromatic rings. The summed E-state index contributed by atoms with van der Waals surface area (Å²) in [5.41, 5.74) is 1.21. The van der Waals surface area contributed by atoms with Gasteiger partial charge in [0, 0.05) is 38.8 Å². The Kier molecular flexibility index (Phi) is 6.53. The highest BCUT2D eigenvalue weighted by Gasteiger charge is 2.41. The van der Waals surface area contributed by atoms with Crippen molar-refractivity contribution in [2.45, 2.75) is 38.8 Å². The number of nitrogens with zero attached hydrogens (tertiary/aromatic N) is 1. The maximum absolute atomic E-state index is 13.4. The first-order valence-electron chi connectivity index (χ1n) is 8.26. The monoisotopic (exact) mass is 325 g/mol. The molecule has 0 aromatic heterocycles. The lowest BCUT2D eigenvalue weighted by Crippen LogP contribution is -2.53. The zero-order valence-electron chi connectivity index (χ0n) is 14.1. The van der Waals surface area contributed by atoms with E-state index < -0.39 is 11.5 Å². The molecule has 0 radical (unpaired) electrons. The third-order valence-electron chi connectivity index (χ3n) is 4.93. The Bertz CT molecular complexity index is 511. The smallest absolute Gasteiger partial charge is 0.126 e. The third-order valence-corrected chi connectivity index (χ3v) is 4.93. The van der Waals surface area contributed by atoms with Gasteiger partial charge in [0.25, 0.3) is 0 Å². The van der Waals surface area contributed by atoms with Gasteiger partial charge >= 0.3 is 0 Å². The Morgan fingerprint density at radius 2 is 2.22 bits per heavy atom. The average molecular weight is 325 g/mol. The number of benzene rings is 1. The second kappa shape index (κ2) is 8.20. The molecule has 1 fully saturated rings. The molecular weight excluding hydrogens is 297 g/mol. The molecule has 5 heteroatoms. The number of rotatable bonds is 7. The fraction of sp³-hybridized carbons (Fsp3) is 0.667. The molecule has 2 atom stereocenters. The lowest BCUT2D eigenvalue weighted by atomic mass is 9.74. The van der Waals surface area contributed by atoms with Gasteiger partial charge in [-0.05, 0) is 43.4 Å². The molecule has 0 amide bonds. The normalized spacial score (nSPS) is 25.7. The van der Waals surface area contributed by atoms with E-state index in [1.807, 2.05) is 6.07 Å². The van der Waals surface area contributed by atoms with E-state index in [0.717, 1.165) is 24.9 Å². The number of aliphatic hydroxyl groups excluding tert-OH is 2. The van der Waals surface area contributed by atoms with Crippen molar-refractivity contribution in [3.05, 3.63) is 35.1 Å². The van der Waals surface area contributed by atoms with Crippen LogP contribution in [0.1, 0.15) is 30.4 Å². The lowest BCUT2D eigenvalue weighted by Gasteiger charge is -2.45. The number of hydrogen-bond acceptors (Lipinski definition) is 4. The van der Waals surface area contributed by atoms with Crippen LogP contribution in [-0.4, -0.2) is 54.6 Å². The van der Waals surface area contributed by atoms with Crippen molar-refractivity contribution in [2.24, 2.45) is 5.41 Å². The number of likely N-dealkylation sites (tertiary alicyclic amines) is 1. The highest BCUT2D eigenvalue weighted by atomic mass is 19.1. The van der Waals surface area contributed by atoms with Crippen molar-refractivity contribution in [2.75, 3.05) is 33.4 Å². The van der Waals surface area contributed by atoms with E-state index in [0.29, 0.717) is 31.7 Å². The molecule has 1 aliphatic rings. The summed E-state index contributed by atoms with van der Waals surface area (Å²) in [6.45, 7) is 4.50. The minimum atomic E-state index is -0.494. The molecule has 0 unspecified atom stereocenters. The number of halogens is 1. The second-order valence-electron chi connectivity index (χ2n) is 6.72. The predicted octanol–water partition coefficient (Wildman–Crippen LogP) is 2.11. The van der Waals surface area contributed by atoms with Crippen molar-refractivity contribution >= 4 is 0 Å². The van der Waals surface area contributed by atoms with Crippen LogP contribution < -0.4 is 0 Å². The van der Waals surface area contributed by atoms with Crippen molar-refractivity contribution in [3.8, 4) is 0 Å². The largest absolute Gasteiger partial charge is 0.396 e. The van der Waals surface area contributed by atoms with E-state index in [4.69, 9.17) is 4.74 Å². The first kappa shape index (κ1) is 18.3. The Hall–Kier alpha value is -1.01. The first-order valence-corrected chi connectivity index (χ1v) is 8.26. The van der Waals surface area contributed by atoms with Crippen molar-refractivity contribution < 1.29 is 19.3 Å². The van der Waals surface area contributed by atoms with Crippen LogP contribution in [0.3, 0.4) is 0 Å². The van der Waals surface area contributed by atoms with Gasteiger partial charge < -0.3 is 14.9 Å². The molecule has 0 aliphatic carbocycles. The highest BCUT2D eigenvalue weighted by molar-refractivity contribution is 5.24. The van der Waals surface area contributed by atoms with Gasteiger partial charge in [-0.25, -0.2) is 4.39 Å². The number of methoxy groups -OCH3 is 1. The van der Waals surface area contributed by atoms with E-state index in [1.54, 1.807) is 20.1 Å². The summed E-state index contributed by atoms with van der Waals surface area (Å²) >= 11 is 0. The van der Waals surface area contributed by atoms with Crippen LogP contribution in [0, 0.1) is 18.2 Å². The predicted molar refractivity (Wildman–Crippen MR) is 87.7 cm³/mol. The zero-order valence-corrected chi connectivity index (χ0v) is 14.1. The highest BCUT2D eigenvalue weighted by Crippen LogP contribution is 2.35. The van der Waals surface area contributed by atoms with Crippen LogP contribution >= 0.6 is 0 Å². The molecule has 0 bridgehead atoms. The molecule has 23 heavy (non-hydrogen) atoms. The SMILES string of the molecule is COCCC[C@@]1(CO)CN(Cc2ccc(F)c(C)c2)CC[C@H]1O. The molecule has 0 saturated carbocycles. The summed E-state index contributed by atoms with van der Waals surface area (Å²) in [5.74, 6) is -0.188. The number of aryl methyl sites for hydroxylation is 1. The van der Waals surface area contributed by atoms with Gasteiger partial charge in [-0.15, -0.1) is 0 Å². The Morgan fingerprint density at radius 3 is 2.87 bits per heavy atom. The van der Waals surface area contributed by atoms with Crippen LogP contribution in [0.25, 0.3) is 0 Å². The van der Waals surface area contributed by atoms with Gasteiger partial charge in [-0.2, -0.15) is 0 Å². The minimum Gasteiger partial charge on any atom is -0.396 e. The van der Waals surface area contributed by atoms with Gasteiger partial charge in [0.15, 0.2) is 0 Å². The maximum Gasteiger partial charge on any atom is 0.126 e. The van der Waals surface area contributed by atoms with Crippen molar-refractivity contribution in [3.63, 3.8) is 0 Å². The molecule has 1 heterocycles. The number of ether oxygens (including phenoxy) is 1. The van der Waals surface area contributed by atoms with E-state index in [-0.39, 0.29) is 12.4 Å². The zero-order chi connectivity index (χ0) is 16.9. The van der Waals surface area contributed by atoms with Crippen molar-refractivity contribution in [1.82, 2.24) is 4.90 Å².